The molecule has 0 aliphatic rings. The second-order valence-electron chi connectivity index (χ2n) is 26.6. The number of hydrogen-bond donors (Lipinski definition) is 2. The average Bonchev–Trinajstić information content (AvgIpc) is 3.56. The number of aliphatic hydroxyl groups excluding tert-OH is 1. The van der Waals surface area contributed by atoms with Crippen molar-refractivity contribution in [1.82, 2.24) is 5.32 Å². The van der Waals surface area contributed by atoms with Crippen molar-refractivity contribution in [2.75, 3.05) is 40.9 Å². The van der Waals surface area contributed by atoms with Gasteiger partial charge in [-0.15, -0.1) is 0 Å². The highest BCUT2D eigenvalue weighted by molar-refractivity contribution is 7.45. The first-order valence-corrected chi connectivity index (χ1v) is 38.5. The van der Waals surface area contributed by atoms with Crippen molar-refractivity contribution in [3.8, 4) is 0 Å². The fourth-order valence-electron chi connectivity index (χ4n) is 11.2. The molecule has 84 heavy (non-hydrogen) atoms. The summed E-state index contributed by atoms with van der Waals surface area (Å²) >= 11 is 0. The van der Waals surface area contributed by atoms with Gasteiger partial charge in [0.15, 0.2) is 0 Å². The number of phosphoric acid groups is 1. The minimum Gasteiger partial charge on any atom is -0.756 e. The van der Waals surface area contributed by atoms with E-state index >= 15 is 0 Å². The van der Waals surface area contributed by atoms with Gasteiger partial charge in [0, 0.05) is 6.42 Å². The van der Waals surface area contributed by atoms with E-state index in [4.69, 9.17) is 9.05 Å². The van der Waals surface area contributed by atoms with Gasteiger partial charge in [-0.1, -0.05) is 345 Å². The summed E-state index contributed by atoms with van der Waals surface area (Å²) in [4.78, 5) is 25.6. The molecule has 3 atom stereocenters. The van der Waals surface area contributed by atoms with Crippen LogP contribution in [-0.4, -0.2) is 68.5 Å². The number of quaternary nitrogens is 1. The van der Waals surface area contributed by atoms with Gasteiger partial charge in [-0.2, -0.15) is 0 Å². The predicted molar refractivity (Wildman–Crippen MR) is 367 cm³/mol. The molecule has 3 unspecified atom stereocenters. The Balaban J connectivity index is 4.07. The van der Waals surface area contributed by atoms with Crippen LogP contribution in [0.3, 0.4) is 0 Å². The van der Waals surface area contributed by atoms with Crippen LogP contribution in [0.5, 0.6) is 0 Å². The molecule has 8 nitrogen and oxygen atoms in total. The molecule has 0 aromatic carbocycles. The lowest BCUT2D eigenvalue weighted by molar-refractivity contribution is -0.870. The maximum absolute atomic E-state index is 13.0. The van der Waals surface area contributed by atoms with Gasteiger partial charge < -0.3 is 28.8 Å². The van der Waals surface area contributed by atoms with Gasteiger partial charge >= 0.3 is 0 Å². The monoisotopic (exact) mass is 1200 g/mol. The lowest BCUT2D eigenvalue weighted by Gasteiger charge is -2.29. The Morgan fingerprint density at radius 2 is 0.667 bits per heavy atom. The standard InChI is InChI=1S/C75H145N2O6P/c1-6-8-10-12-14-16-18-20-22-24-26-28-30-32-34-36-38-40-42-44-46-48-50-52-54-56-58-60-62-64-66-68-74(78)73(72-83-84(80,81)82-71-70-77(3,4)5)76-75(79)69-67-65-63-61-59-57-55-53-51-49-47-45-43-41-39-37-35-33-31-29-27-25-23-21-19-17-15-13-11-9-7-2/h25,27,50,52,58,60,66,68,73-74,78H,6-24,26,28-49,51,53-57,59,61-65,67,69-72H2,1-5H3,(H-,76,79,80,81)/b27-25-,52-50+,60-58+,68-66+. The van der Waals surface area contributed by atoms with E-state index in [1.807, 2.05) is 27.2 Å². The topological polar surface area (TPSA) is 108 Å². The number of amides is 1. The zero-order chi connectivity index (χ0) is 61.2. The van der Waals surface area contributed by atoms with Crippen molar-refractivity contribution >= 4 is 13.7 Å². The van der Waals surface area contributed by atoms with Crippen LogP contribution in [0.25, 0.3) is 0 Å². The van der Waals surface area contributed by atoms with Crippen LogP contribution in [0.1, 0.15) is 373 Å². The van der Waals surface area contributed by atoms with E-state index in [1.54, 1.807) is 6.08 Å². The Morgan fingerprint density at radius 1 is 0.405 bits per heavy atom. The highest BCUT2D eigenvalue weighted by Gasteiger charge is 2.23. The molecular weight excluding hydrogens is 1060 g/mol. The van der Waals surface area contributed by atoms with E-state index in [9.17, 15) is 19.4 Å². The van der Waals surface area contributed by atoms with Gasteiger partial charge in [0.1, 0.15) is 13.2 Å². The Morgan fingerprint density at radius 3 is 0.964 bits per heavy atom. The molecule has 0 bridgehead atoms. The first kappa shape index (κ1) is 82.5. The summed E-state index contributed by atoms with van der Waals surface area (Å²) in [5, 5.41) is 14.0. The molecule has 0 saturated heterocycles. The number of nitrogens with one attached hydrogen (secondary N) is 1. The Kier molecular flexibility index (Phi) is 64.7. The van der Waals surface area contributed by atoms with Gasteiger partial charge in [-0.05, 0) is 70.6 Å². The lowest BCUT2D eigenvalue weighted by atomic mass is 10.0. The van der Waals surface area contributed by atoms with Crippen molar-refractivity contribution in [2.45, 2.75) is 386 Å². The number of hydrogen-bond acceptors (Lipinski definition) is 6. The van der Waals surface area contributed by atoms with Crippen molar-refractivity contribution in [3.63, 3.8) is 0 Å². The van der Waals surface area contributed by atoms with Gasteiger partial charge in [-0.3, -0.25) is 9.36 Å². The highest BCUT2D eigenvalue weighted by Crippen LogP contribution is 2.38. The number of nitrogens with zero attached hydrogens (tertiary/aromatic N) is 1. The smallest absolute Gasteiger partial charge is 0.268 e. The SMILES string of the molecule is CCCCCCCCCC/C=C\CCCCCCCCCCCCCCCCCCCCCC(=O)NC(COP(=O)([O-])OCC[N+](C)(C)C)C(O)/C=C/CC/C=C/CC/C=C/CCCCCCCCCCCCCCCCCCCCCCC. The minimum atomic E-state index is -4.62. The van der Waals surface area contributed by atoms with Crippen LogP contribution in [0.4, 0.5) is 0 Å². The molecule has 496 valence electrons. The fraction of sp³-hybridized carbons (Fsp3) is 0.880. The van der Waals surface area contributed by atoms with Crippen LogP contribution in [0.15, 0.2) is 48.6 Å². The zero-order valence-corrected chi connectivity index (χ0v) is 57.8. The molecule has 0 saturated carbocycles. The van der Waals surface area contributed by atoms with E-state index in [0.717, 1.165) is 44.9 Å². The fourth-order valence-corrected chi connectivity index (χ4v) is 12.0. The summed E-state index contributed by atoms with van der Waals surface area (Å²) in [6.07, 6.45) is 89.8. The number of allylic oxidation sites excluding steroid dienone is 7. The number of carbonyl (C=O) groups is 1. The molecule has 0 aromatic heterocycles. The Hall–Kier alpha value is -1.54. The van der Waals surface area contributed by atoms with E-state index in [1.165, 1.54) is 308 Å². The predicted octanol–water partition coefficient (Wildman–Crippen LogP) is 23.2. The maximum atomic E-state index is 13.0. The molecule has 0 spiro atoms. The van der Waals surface area contributed by atoms with Crippen LogP contribution in [0.2, 0.25) is 0 Å². The van der Waals surface area contributed by atoms with Crippen LogP contribution in [-0.2, 0) is 18.4 Å². The van der Waals surface area contributed by atoms with E-state index < -0.39 is 26.6 Å². The second-order valence-corrected chi connectivity index (χ2v) is 28.0. The minimum absolute atomic E-state index is 0.00807. The third-order valence-electron chi connectivity index (χ3n) is 17.0. The summed E-state index contributed by atoms with van der Waals surface area (Å²) in [5.74, 6) is -0.205. The molecule has 0 radical (unpaired) electrons. The average molecular weight is 1200 g/mol. The Labute approximate surface area is 524 Å². The number of unbranched alkanes of at least 4 members (excludes halogenated alkanes) is 50. The van der Waals surface area contributed by atoms with Crippen LogP contribution >= 0.6 is 7.82 Å². The zero-order valence-electron chi connectivity index (χ0n) is 56.9. The third kappa shape index (κ3) is 68.0. The van der Waals surface area contributed by atoms with Gasteiger partial charge in [0.2, 0.25) is 5.91 Å². The molecule has 0 fully saturated rings. The van der Waals surface area contributed by atoms with E-state index in [2.05, 4.69) is 55.6 Å². The first-order valence-electron chi connectivity index (χ1n) is 37.0. The molecule has 2 N–H and O–H groups in total. The molecule has 0 heterocycles. The van der Waals surface area contributed by atoms with Crippen molar-refractivity contribution in [1.29, 1.82) is 0 Å². The molecule has 0 aliphatic heterocycles. The lowest BCUT2D eigenvalue weighted by Crippen LogP contribution is -2.45. The van der Waals surface area contributed by atoms with Crippen LogP contribution in [0, 0.1) is 0 Å². The largest absolute Gasteiger partial charge is 0.756 e. The molecule has 1 amide bonds. The molecular formula is C75H145N2O6P. The van der Waals surface area contributed by atoms with Gasteiger partial charge in [0.25, 0.3) is 7.82 Å². The number of phosphoric ester groups is 1. The van der Waals surface area contributed by atoms with Gasteiger partial charge in [-0.25, -0.2) is 0 Å². The first-order chi connectivity index (χ1) is 41.0. The maximum Gasteiger partial charge on any atom is 0.268 e. The summed E-state index contributed by atoms with van der Waals surface area (Å²) in [6, 6.07) is -0.911. The number of rotatable bonds is 69. The third-order valence-corrected chi connectivity index (χ3v) is 18.0. The molecule has 9 heteroatoms. The van der Waals surface area contributed by atoms with Crippen LogP contribution < -0.4 is 10.2 Å². The number of aliphatic hydroxyl groups is 1. The molecule has 0 aromatic rings. The van der Waals surface area contributed by atoms with Gasteiger partial charge in [0.05, 0.1) is 39.9 Å². The summed E-state index contributed by atoms with van der Waals surface area (Å²) in [5.41, 5.74) is 0. The Bertz CT molecular complexity index is 1510. The van der Waals surface area contributed by atoms with Crippen molar-refractivity contribution < 1.29 is 32.9 Å². The second kappa shape index (κ2) is 65.9. The summed E-state index contributed by atoms with van der Waals surface area (Å²) in [7, 11) is 1.25. The number of likely N-dealkylation sites (N-methyl/N-ethyl adjacent to an activating group) is 1. The summed E-state index contributed by atoms with van der Waals surface area (Å²) < 4.78 is 23.5. The highest BCUT2D eigenvalue weighted by atomic mass is 31.2. The quantitative estimate of drug-likeness (QED) is 0.0272. The normalized spacial score (nSPS) is 13.8. The van der Waals surface area contributed by atoms with Crippen molar-refractivity contribution in [3.05, 3.63) is 48.6 Å². The summed E-state index contributed by atoms with van der Waals surface area (Å²) in [6.45, 7) is 4.68. The van der Waals surface area contributed by atoms with E-state index in [-0.39, 0.29) is 12.5 Å². The molecule has 0 rings (SSSR count). The van der Waals surface area contributed by atoms with E-state index in [0.29, 0.717) is 17.4 Å². The number of carbonyl (C=O) groups excluding carboxylic acids is 1. The molecule has 0 aliphatic carbocycles. The van der Waals surface area contributed by atoms with Crippen molar-refractivity contribution in [2.24, 2.45) is 0 Å².